The summed E-state index contributed by atoms with van der Waals surface area (Å²) in [6.07, 6.45) is 3.36. The van der Waals surface area contributed by atoms with Crippen molar-refractivity contribution in [3.63, 3.8) is 0 Å². The van der Waals surface area contributed by atoms with Crippen molar-refractivity contribution in [2.45, 2.75) is 4.90 Å². The van der Waals surface area contributed by atoms with E-state index in [9.17, 15) is 4.79 Å². The molecule has 8 heteroatoms. The Kier molecular flexibility index (Phi) is 5.41. The minimum absolute atomic E-state index is 0.354. The molecule has 2 aromatic heterocycles. The fourth-order valence-corrected chi connectivity index (χ4v) is 4.22. The van der Waals surface area contributed by atoms with Crippen molar-refractivity contribution in [2.24, 2.45) is 0 Å². The Morgan fingerprint density at radius 3 is 2.71 bits per heavy atom. The molecule has 0 unspecified atom stereocenters. The van der Waals surface area contributed by atoms with E-state index in [1.165, 1.54) is 23.3 Å². The maximum Gasteiger partial charge on any atom is 0.331 e. The summed E-state index contributed by atoms with van der Waals surface area (Å²) in [6.45, 7) is 0. The average Bonchev–Trinajstić information content (AvgIpc) is 3.16. The minimum Gasteiger partial charge on any atom is -0.494 e. The molecular weight excluding hydrogens is 392 g/mol. The normalized spacial score (nSPS) is 10.6. The highest BCUT2D eigenvalue weighted by atomic mass is 32.2. The summed E-state index contributed by atoms with van der Waals surface area (Å²) in [6, 6.07) is 17.3. The van der Waals surface area contributed by atoms with Gasteiger partial charge in [-0.2, -0.15) is 0 Å². The van der Waals surface area contributed by atoms with Crippen LogP contribution in [0.15, 0.2) is 71.9 Å². The Balaban J connectivity index is 1.59. The molecule has 0 fully saturated rings. The zero-order valence-corrected chi connectivity index (χ0v) is 16.5. The number of thiazole rings is 1. The number of fused-ring (bicyclic) bond motifs is 1. The molecule has 28 heavy (non-hydrogen) atoms. The number of hydrogen-bond acceptors (Lipinski definition) is 6. The van der Waals surface area contributed by atoms with Crippen molar-refractivity contribution in [3.05, 3.63) is 67.0 Å². The molecule has 0 aliphatic rings. The molecule has 0 aliphatic carbocycles. The third kappa shape index (κ3) is 3.92. The fourth-order valence-electron chi connectivity index (χ4n) is 2.68. The van der Waals surface area contributed by atoms with Crippen LogP contribution < -0.4 is 14.8 Å². The summed E-state index contributed by atoms with van der Waals surface area (Å²) in [5.41, 5.74) is 2.86. The molecule has 140 valence electrons. The fraction of sp³-hybridized carbons (Fsp3) is 0.0500. The summed E-state index contributed by atoms with van der Waals surface area (Å²) in [7, 11) is 1.61. The van der Waals surface area contributed by atoms with Crippen molar-refractivity contribution in [2.75, 3.05) is 12.4 Å². The predicted molar refractivity (Wildman–Crippen MR) is 114 cm³/mol. The first-order chi connectivity index (χ1) is 13.7. The van der Waals surface area contributed by atoms with Gasteiger partial charge in [0.2, 0.25) is 0 Å². The van der Waals surface area contributed by atoms with Crippen molar-refractivity contribution < 1.29 is 9.53 Å². The van der Waals surface area contributed by atoms with E-state index in [0.717, 1.165) is 26.2 Å². The average molecular weight is 409 g/mol. The molecule has 0 spiro atoms. The van der Waals surface area contributed by atoms with Crippen LogP contribution in [0.1, 0.15) is 0 Å². The van der Waals surface area contributed by atoms with E-state index in [4.69, 9.17) is 4.74 Å². The molecule has 0 bridgehead atoms. The molecule has 0 saturated heterocycles. The number of carbonyl (C=O) groups excluding carboxylic acids is 1. The first-order valence-corrected chi connectivity index (χ1v) is 10.0. The highest BCUT2D eigenvalue weighted by Crippen LogP contribution is 2.39. The molecule has 4 rings (SSSR count). The monoisotopic (exact) mass is 408 g/mol. The zero-order valence-electron chi connectivity index (χ0n) is 14.9. The van der Waals surface area contributed by atoms with Crippen LogP contribution in [-0.2, 0) is 0 Å². The van der Waals surface area contributed by atoms with Gasteiger partial charge in [0.15, 0.2) is 5.13 Å². The number of pyridine rings is 1. The highest BCUT2D eigenvalue weighted by Gasteiger charge is 2.15. The SMILES string of the molecule is COc1ccc(-c2ccccc2)c2sc(NC(=O)NSc3cccnc3)nc12. The Hall–Kier alpha value is -3.10. The molecule has 0 radical (unpaired) electrons. The number of aromatic nitrogens is 2. The Morgan fingerprint density at radius 1 is 1.11 bits per heavy atom. The quantitative estimate of drug-likeness (QED) is 0.444. The van der Waals surface area contributed by atoms with Gasteiger partial charge in [0, 0.05) is 22.9 Å². The van der Waals surface area contributed by atoms with E-state index < -0.39 is 0 Å². The number of nitrogens with zero attached hydrogens (tertiary/aromatic N) is 2. The van der Waals surface area contributed by atoms with Crippen molar-refractivity contribution in [3.8, 4) is 16.9 Å². The van der Waals surface area contributed by atoms with Gasteiger partial charge in [-0.1, -0.05) is 41.7 Å². The van der Waals surface area contributed by atoms with Gasteiger partial charge >= 0.3 is 6.03 Å². The molecule has 0 atom stereocenters. The van der Waals surface area contributed by atoms with Gasteiger partial charge in [0.1, 0.15) is 11.3 Å². The standard InChI is InChI=1S/C20H16N4O2S2/c1-26-16-10-9-15(13-6-3-2-4-7-13)18-17(16)22-20(27-18)23-19(25)24-28-14-8-5-11-21-12-14/h2-12H,1H3,(H2,22,23,24,25). The van der Waals surface area contributed by atoms with Crippen molar-refractivity contribution in [1.29, 1.82) is 0 Å². The second-order valence-electron chi connectivity index (χ2n) is 5.73. The molecule has 2 N–H and O–H groups in total. The topological polar surface area (TPSA) is 76.1 Å². The summed E-state index contributed by atoms with van der Waals surface area (Å²) in [5, 5.41) is 3.29. The van der Waals surface area contributed by atoms with Crippen LogP contribution in [0.25, 0.3) is 21.3 Å². The number of methoxy groups -OCH3 is 1. The molecule has 4 aromatic rings. The molecule has 2 heterocycles. The molecule has 6 nitrogen and oxygen atoms in total. The number of ether oxygens (including phenoxy) is 1. The number of nitrogens with one attached hydrogen (secondary N) is 2. The Bertz CT molecular complexity index is 1100. The smallest absolute Gasteiger partial charge is 0.331 e. The Labute approximate surface area is 170 Å². The maximum absolute atomic E-state index is 12.2. The van der Waals surface area contributed by atoms with E-state index in [0.29, 0.717) is 10.9 Å². The van der Waals surface area contributed by atoms with E-state index in [1.54, 1.807) is 19.5 Å². The second kappa shape index (κ2) is 8.28. The summed E-state index contributed by atoms with van der Waals surface area (Å²) in [5.74, 6) is 0.670. The lowest BCUT2D eigenvalue weighted by Crippen LogP contribution is -2.22. The van der Waals surface area contributed by atoms with E-state index in [-0.39, 0.29) is 6.03 Å². The van der Waals surface area contributed by atoms with Crippen LogP contribution in [-0.4, -0.2) is 23.1 Å². The van der Waals surface area contributed by atoms with Crippen LogP contribution in [0.5, 0.6) is 5.75 Å². The number of benzene rings is 2. The number of amides is 2. The van der Waals surface area contributed by atoms with Gasteiger partial charge in [-0.15, -0.1) is 0 Å². The van der Waals surface area contributed by atoms with Gasteiger partial charge in [-0.25, -0.2) is 9.78 Å². The summed E-state index contributed by atoms with van der Waals surface area (Å²) >= 11 is 2.60. The third-order valence-corrected chi connectivity index (χ3v) is 5.70. The summed E-state index contributed by atoms with van der Waals surface area (Å²) < 4.78 is 9.13. The lowest BCUT2D eigenvalue weighted by Gasteiger charge is -2.05. The summed E-state index contributed by atoms with van der Waals surface area (Å²) in [4.78, 5) is 21.7. The zero-order chi connectivity index (χ0) is 19.3. The predicted octanol–water partition coefficient (Wildman–Crippen LogP) is 5.20. The van der Waals surface area contributed by atoms with E-state index in [2.05, 4.69) is 20.0 Å². The van der Waals surface area contributed by atoms with Crippen molar-refractivity contribution >= 4 is 44.7 Å². The van der Waals surface area contributed by atoms with Gasteiger partial charge < -0.3 is 4.74 Å². The number of urea groups is 1. The van der Waals surface area contributed by atoms with E-state index >= 15 is 0 Å². The first-order valence-electron chi connectivity index (χ1n) is 8.41. The van der Waals surface area contributed by atoms with E-state index in [1.807, 2.05) is 54.6 Å². The van der Waals surface area contributed by atoms with Crippen LogP contribution in [0.3, 0.4) is 0 Å². The number of carbonyl (C=O) groups is 1. The largest absolute Gasteiger partial charge is 0.494 e. The number of anilines is 1. The van der Waals surface area contributed by atoms with Crippen LogP contribution >= 0.6 is 23.3 Å². The molecular formula is C20H16N4O2S2. The van der Waals surface area contributed by atoms with Gasteiger partial charge in [0.25, 0.3) is 0 Å². The van der Waals surface area contributed by atoms with Crippen LogP contribution in [0.4, 0.5) is 9.93 Å². The van der Waals surface area contributed by atoms with Gasteiger partial charge in [0.05, 0.1) is 11.8 Å². The molecule has 0 saturated carbocycles. The number of hydrogen-bond donors (Lipinski definition) is 2. The molecule has 2 amide bonds. The van der Waals surface area contributed by atoms with Gasteiger partial charge in [-0.05, 0) is 41.8 Å². The maximum atomic E-state index is 12.2. The number of rotatable bonds is 5. The highest BCUT2D eigenvalue weighted by molar-refractivity contribution is 7.98. The third-order valence-electron chi connectivity index (χ3n) is 3.93. The minimum atomic E-state index is -0.354. The lowest BCUT2D eigenvalue weighted by molar-refractivity contribution is 0.257. The lowest BCUT2D eigenvalue weighted by atomic mass is 10.1. The molecule has 2 aromatic carbocycles. The molecule has 0 aliphatic heterocycles. The second-order valence-corrected chi connectivity index (χ2v) is 7.60. The Morgan fingerprint density at radius 2 is 1.96 bits per heavy atom. The van der Waals surface area contributed by atoms with Crippen molar-refractivity contribution in [1.82, 2.24) is 14.7 Å². The first kappa shape index (κ1) is 18.3. The van der Waals surface area contributed by atoms with Crippen LogP contribution in [0.2, 0.25) is 0 Å². The van der Waals surface area contributed by atoms with Gasteiger partial charge in [-0.3, -0.25) is 15.0 Å². The van der Waals surface area contributed by atoms with Crippen LogP contribution in [0, 0.1) is 0 Å².